The van der Waals surface area contributed by atoms with E-state index in [1.807, 2.05) is 0 Å². The van der Waals surface area contributed by atoms with Crippen LogP contribution in [0.1, 0.15) is 260 Å². The Morgan fingerprint density at radius 1 is 0.173 bits per heavy atom. The highest BCUT2D eigenvalue weighted by Gasteiger charge is 2.28. The molecule has 0 radical (unpaired) electrons. The Morgan fingerprint density at radius 3 is 0.500 bits per heavy atom. The van der Waals surface area contributed by atoms with Crippen molar-refractivity contribution >= 4 is 0 Å². The summed E-state index contributed by atoms with van der Waals surface area (Å²) in [6.45, 7) is 25.8. The number of unbranched alkanes of at least 4 members (excludes halogenated alkanes) is 27. The minimum absolute atomic E-state index is 0. The SMILES string of the molecule is CCCCCCCCCCCCCCCC[N+](CCC)(CCC)CCCC[N+](CCC)(CCC)CCCCCCCCCCCCCCCC.[Br-].[Br-]. The Hall–Kier alpha value is 0.880. The van der Waals surface area contributed by atoms with Crippen LogP contribution in [0.25, 0.3) is 0 Å². The first kappa shape index (κ1) is 57.2. The fraction of sp³-hybridized carbons (Fsp3) is 1.00. The summed E-state index contributed by atoms with van der Waals surface area (Å²) >= 11 is 0. The molecule has 0 saturated heterocycles. The van der Waals surface area contributed by atoms with E-state index in [0.717, 1.165) is 0 Å². The molecule has 0 N–H and O–H groups in total. The van der Waals surface area contributed by atoms with Gasteiger partial charge < -0.3 is 42.9 Å². The average molecular weight is 867 g/mol. The first-order valence-electron chi connectivity index (χ1n) is 24.3. The van der Waals surface area contributed by atoms with Crippen LogP contribution >= 0.6 is 0 Å². The standard InChI is InChI=1S/C48H102N2.2BrH/c1-7-13-15-17-19-21-23-25-27-29-31-33-35-37-45-49(41-9-3,42-10-4)47-39-40-48-50(43-11-5,44-12-6)46-38-36-34-32-30-28-26-24-22-20-18-16-14-8-2;;/h7-48H2,1-6H3;2*1H/q+2;;/p-2. The number of quaternary nitrogens is 2. The van der Waals surface area contributed by atoms with E-state index in [1.54, 1.807) is 0 Å². The van der Waals surface area contributed by atoms with Gasteiger partial charge in [-0.15, -0.1) is 0 Å². The zero-order chi connectivity index (χ0) is 36.7. The molecular weight excluding hydrogens is 764 g/mol. The third kappa shape index (κ3) is 35.3. The smallest absolute Gasteiger partial charge is 0.0788 e. The van der Waals surface area contributed by atoms with Gasteiger partial charge in [-0.1, -0.05) is 196 Å². The van der Waals surface area contributed by atoms with Gasteiger partial charge in [-0.3, -0.25) is 0 Å². The predicted molar refractivity (Wildman–Crippen MR) is 230 cm³/mol. The molecule has 0 aromatic carbocycles. The van der Waals surface area contributed by atoms with E-state index in [-0.39, 0.29) is 34.0 Å². The molecule has 0 amide bonds. The summed E-state index contributed by atoms with van der Waals surface area (Å²) < 4.78 is 2.84. The summed E-state index contributed by atoms with van der Waals surface area (Å²) in [5.74, 6) is 0. The molecule has 0 bridgehead atoms. The first-order valence-corrected chi connectivity index (χ1v) is 24.3. The molecule has 0 aliphatic heterocycles. The Balaban J connectivity index is -0.0000120. The number of hydrogen-bond donors (Lipinski definition) is 0. The van der Waals surface area contributed by atoms with Gasteiger partial charge in [0.05, 0.1) is 52.4 Å². The summed E-state index contributed by atoms with van der Waals surface area (Å²) in [7, 11) is 0. The summed E-state index contributed by atoms with van der Waals surface area (Å²) in [5, 5.41) is 0. The Bertz CT molecular complexity index is 576. The van der Waals surface area contributed by atoms with Crippen molar-refractivity contribution in [2.24, 2.45) is 0 Å². The number of hydrogen-bond acceptors (Lipinski definition) is 0. The lowest BCUT2D eigenvalue weighted by molar-refractivity contribution is -0.934. The molecule has 52 heavy (non-hydrogen) atoms. The quantitative estimate of drug-likeness (QED) is 0.0423. The number of halogens is 2. The zero-order valence-electron chi connectivity index (χ0n) is 37.3. The summed E-state index contributed by atoms with van der Waals surface area (Å²) in [6, 6.07) is 0. The van der Waals surface area contributed by atoms with E-state index in [1.165, 1.54) is 280 Å². The van der Waals surface area contributed by atoms with E-state index in [0.29, 0.717) is 0 Å². The van der Waals surface area contributed by atoms with Gasteiger partial charge in [0.2, 0.25) is 0 Å². The highest BCUT2D eigenvalue weighted by Crippen LogP contribution is 2.21. The Morgan fingerprint density at radius 2 is 0.327 bits per heavy atom. The van der Waals surface area contributed by atoms with Crippen molar-refractivity contribution < 1.29 is 42.9 Å². The van der Waals surface area contributed by atoms with Crippen molar-refractivity contribution in [2.45, 2.75) is 260 Å². The molecule has 0 fully saturated rings. The van der Waals surface area contributed by atoms with Gasteiger partial charge in [-0.2, -0.15) is 0 Å². The van der Waals surface area contributed by atoms with Gasteiger partial charge in [0.1, 0.15) is 0 Å². The van der Waals surface area contributed by atoms with Crippen LogP contribution in [0.15, 0.2) is 0 Å². The highest BCUT2D eigenvalue weighted by atomic mass is 79.9. The van der Waals surface area contributed by atoms with E-state index in [2.05, 4.69) is 41.5 Å². The van der Waals surface area contributed by atoms with E-state index < -0.39 is 0 Å². The Labute approximate surface area is 353 Å². The molecule has 318 valence electrons. The lowest BCUT2D eigenvalue weighted by Gasteiger charge is -2.41. The second-order valence-electron chi connectivity index (χ2n) is 17.4. The molecule has 0 spiro atoms. The van der Waals surface area contributed by atoms with E-state index >= 15 is 0 Å². The van der Waals surface area contributed by atoms with Crippen molar-refractivity contribution in [3.05, 3.63) is 0 Å². The predicted octanol–water partition coefficient (Wildman–Crippen LogP) is 10.0. The van der Waals surface area contributed by atoms with Gasteiger partial charge in [-0.05, 0) is 51.4 Å². The maximum Gasteiger partial charge on any atom is 0.0788 e. The van der Waals surface area contributed by atoms with E-state index in [4.69, 9.17) is 0 Å². The van der Waals surface area contributed by atoms with Gasteiger partial charge in [0.25, 0.3) is 0 Å². The lowest BCUT2D eigenvalue weighted by atomic mass is 10.0. The lowest BCUT2D eigenvalue weighted by Crippen LogP contribution is -3.00. The third-order valence-electron chi connectivity index (χ3n) is 12.3. The van der Waals surface area contributed by atoms with Crippen molar-refractivity contribution in [3.63, 3.8) is 0 Å². The summed E-state index contributed by atoms with van der Waals surface area (Å²) in [5.41, 5.74) is 0. The second kappa shape index (κ2) is 44.6. The molecule has 2 nitrogen and oxygen atoms in total. The molecule has 0 aromatic heterocycles. The summed E-state index contributed by atoms with van der Waals surface area (Å²) in [6.07, 6.45) is 49.3. The molecule has 0 atom stereocenters. The molecular formula is C48H102Br2N2. The second-order valence-corrected chi connectivity index (χ2v) is 17.4. The topological polar surface area (TPSA) is 0 Å². The fourth-order valence-electron chi connectivity index (χ4n) is 9.42. The third-order valence-corrected chi connectivity index (χ3v) is 12.3. The maximum absolute atomic E-state index is 2.44. The minimum Gasteiger partial charge on any atom is -1.00 e. The van der Waals surface area contributed by atoms with Crippen LogP contribution in [0.5, 0.6) is 0 Å². The monoisotopic (exact) mass is 865 g/mol. The van der Waals surface area contributed by atoms with Crippen LogP contribution < -0.4 is 34.0 Å². The van der Waals surface area contributed by atoms with Gasteiger partial charge in [0, 0.05) is 12.8 Å². The van der Waals surface area contributed by atoms with Crippen molar-refractivity contribution in [1.82, 2.24) is 0 Å². The first-order chi connectivity index (χ1) is 24.6. The Kier molecular flexibility index (Phi) is 49.1. The average Bonchev–Trinajstić information content (AvgIpc) is 3.11. The van der Waals surface area contributed by atoms with Crippen LogP contribution in [0.3, 0.4) is 0 Å². The highest BCUT2D eigenvalue weighted by molar-refractivity contribution is 4.55. The van der Waals surface area contributed by atoms with Crippen LogP contribution in [0.4, 0.5) is 0 Å². The fourth-order valence-corrected chi connectivity index (χ4v) is 9.42. The normalized spacial score (nSPS) is 11.9. The maximum atomic E-state index is 2.44. The van der Waals surface area contributed by atoms with Crippen molar-refractivity contribution in [3.8, 4) is 0 Å². The molecule has 0 rings (SSSR count). The molecule has 0 aliphatic rings. The zero-order valence-corrected chi connectivity index (χ0v) is 40.5. The largest absolute Gasteiger partial charge is 1.00 e. The van der Waals surface area contributed by atoms with E-state index in [9.17, 15) is 0 Å². The minimum atomic E-state index is 0. The van der Waals surface area contributed by atoms with Crippen LogP contribution in [-0.2, 0) is 0 Å². The molecule has 0 aromatic rings. The molecule has 0 saturated carbocycles. The van der Waals surface area contributed by atoms with Crippen LogP contribution in [0.2, 0.25) is 0 Å². The molecule has 4 heteroatoms. The number of rotatable bonds is 43. The van der Waals surface area contributed by atoms with Crippen LogP contribution in [-0.4, -0.2) is 61.3 Å². The van der Waals surface area contributed by atoms with Crippen molar-refractivity contribution in [1.29, 1.82) is 0 Å². The molecule has 0 unspecified atom stereocenters. The number of nitrogens with zero attached hydrogens (tertiary/aromatic N) is 2. The summed E-state index contributed by atoms with van der Waals surface area (Å²) in [4.78, 5) is 0. The van der Waals surface area contributed by atoms with Crippen LogP contribution in [0, 0.1) is 0 Å². The molecule has 0 heterocycles. The van der Waals surface area contributed by atoms with Crippen molar-refractivity contribution in [2.75, 3.05) is 52.4 Å². The van der Waals surface area contributed by atoms with Gasteiger partial charge >= 0.3 is 0 Å². The molecule has 0 aliphatic carbocycles. The van der Waals surface area contributed by atoms with Gasteiger partial charge in [-0.25, -0.2) is 0 Å². The van der Waals surface area contributed by atoms with Gasteiger partial charge in [0.15, 0.2) is 0 Å².